The highest BCUT2D eigenvalue weighted by Gasteiger charge is 2.03. The van der Waals surface area contributed by atoms with Crippen molar-refractivity contribution in [3.63, 3.8) is 0 Å². The first-order chi connectivity index (χ1) is 6.79. The fourth-order valence-electron chi connectivity index (χ4n) is 1.27. The van der Waals surface area contributed by atoms with Gasteiger partial charge in [-0.15, -0.1) is 0 Å². The standard InChI is InChI=1S/C11H10FNS/c1-2-8-3-5-9(6-4-8)11-13-7-10(12)14-11/h3-7H,2H2,1H3. The van der Waals surface area contributed by atoms with Crippen molar-refractivity contribution in [2.24, 2.45) is 0 Å². The third-order valence-electron chi connectivity index (χ3n) is 2.09. The summed E-state index contributed by atoms with van der Waals surface area (Å²) in [4.78, 5) is 3.99. The number of aromatic nitrogens is 1. The normalized spacial score (nSPS) is 10.4. The molecule has 0 bridgehead atoms. The zero-order chi connectivity index (χ0) is 9.97. The van der Waals surface area contributed by atoms with Gasteiger partial charge in [-0.1, -0.05) is 42.5 Å². The largest absolute Gasteiger partial charge is 0.241 e. The van der Waals surface area contributed by atoms with Crippen LogP contribution in [-0.2, 0) is 6.42 Å². The second kappa shape index (κ2) is 3.88. The number of rotatable bonds is 2. The SMILES string of the molecule is CCc1ccc(-c2ncc(F)s2)cc1. The maximum atomic E-state index is 12.7. The predicted octanol–water partition coefficient (Wildman–Crippen LogP) is 3.51. The van der Waals surface area contributed by atoms with Crippen LogP contribution in [0.3, 0.4) is 0 Å². The third kappa shape index (κ3) is 1.82. The van der Waals surface area contributed by atoms with Crippen molar-refractivity contribution in [3.8, 4) is 10.6 Å². The lowest BCUT2D eigenvalue weighted by atomic mass is 10.1. The van der Waals surface area contributed by atoms with E-state index in [0.29, 0.717) is 0 Å². The van der Waals surface area contributed by atoms with Crippen LogP contribution in [0.25, 0.3) is 10.6 Å². The molecule has 0 amide bonds. The summed E-state index contributed by atoms with van der Waals surface area (Å²) in [6, 6.07) is 8.07. The van der Waals surface area contributed by atoms with E-state index >= 15 is 0 Å². The number of nitrogens with zero attached hydrogens (tertiary/aromatic N) is 1. The van der Waals surface area contributed by atoms with Crippen LogP contribution in [-0.4, -0.2) is 4.98 Å². The molecule has 3 heteroatoms. The average molecular weight is 207 g/mol. The Bertz CT molecular complexity index is 419. The monoisotopic (exact) mass is 207 g/mol. The first-order valence-electron chi connectivity index (χ1n) is 4.50. The summed E-state index contributed by atoms with van der Waals surface area (Å²) in [5.74, 6) is 0. The molecule has 1 aromatic carbocycles. The lowest BCUT2D eigenvalue weighted by molar-refractivity contribution is 0.653. The number of halogens is 1. The Labute approximate surface area is 86.2 Å². The van der Waals surface area contributed by atoms with E-state index in [1.54, 1.807) is 0 Å². The first kappa shape index (κ1) is 9.34. The van der Waals surface area contributed by atoms with Crippen LogP contribution in [0.4, 0.5) is 4.39 Å². The molecule has 0 spiro atoms. The molecule has 1 aromatic heterocycles. The van der Waals surface area contributed by atoms with Gasteiger partial charge in [0.1, 0.15) is 5.01 Å². The quantitative estimate of drug-likeness (QED) is 0.734. The van der Waals surface area contributed by atoms with Crippen molar-refractivity contribution in [3.05, 3.63) is 41.2 Å². The molecule has 2 aromatic rings. The zero-order valence-electron chi connectivity index (χ0n) is 7.83. The molecule has 0 aliphatic heterocycles. The Morgan fingerprint density at radius 1 is 1.29 bits per heavy atom. The summed E-state index contributed by atoms with van der Waals surface area (Å²) in [5, 5.41) is 0.504. The lowest BCUT2D eigenvalue weighted by Gasteiger charge is -1.98. The fraction of sp³-hybridized carbons (Fsp3) is 0.182. The molecule has 1 heterocycles. The number of hydrogen-bond donors (Lipinski definition) is 0. The molecule has 0 unspecified atom stereocenters. The second-order valence-electron chi connectivity index (χ2n) is 3.02. The maximum absolute atomic E-state index is 12.7. The minimum absolute atomic E-state index is 0.237. The number of thiazole rings is 1. The highest BCUT2D eigenvalue weighted by atomic mass is 32.1. The smallest absolute Gasteiger partial charge is 0.196 e. The Balaban J connectivity index is 2.33. The molecule has 0 saturated carbocycles. The van der Waals surface area contributed by atoms with E-state index in [4.69, 9.17) is 0 Å². The Hall–Kier alpha value is -1.22. The summed E-state index contributed by atoms with van der Waals surface area (Å²) in [5.41, 5.74) is 2.27. The predicted molar refractivity (Wildman–Crippen MR) is 56.9 cm³/mol. The Morgan fingerprint density at radius 2 is 2.00 bits per heavy atom. The highest BCUT2D eigenvalue weighted by Crippen LogP contribution is 2.24. The van der Waals surface area contributed by atoms with Crippen LogP contribution in [0, 0.1) is 5.13 Å². The van der Waals surface area contributed by atoms with E-state index in [9.17, 15) is 4.39 Å². The number of aryl methyl sites for hydroxylation is 1. The molecule has 0 saturated heterocycles. The molecular formula is C11H10FNS. The van der Waals surface area contributed by atoms with Crippen LogP contribution < -0.4 is 0 Å². The van der Waals surface area contributed by atoms with Crippen molar-refractivity contribution < 1.29 is 4.39 Å². The van der Waals surface area contributed by atoms with Crippen LogP contribution in [0.2, 0.25) is 0 Å². The second-order valence-corrected chi connectivity index (χ2v) is 4.00. The van der Waals surface area contributed by atoms with Gasteiger partial charge in [0.05, 0.1) is 6.20 Å². The van der Waals surface area contributed by atoms with Crippen molar-refractivity contribution in [1.82, 2.24) is 4.98 Å². The summed E-state index contributed by atoms with van der Waals surface area (Å²) in [6.45, 7) is 2.11. The van der Waals surface area contributed by atoms with Crippen molar-refractivity contribution in [1.29, 1.82) is 0 Å². The van der Waals surface area contributed by atoms with Crippen LogP contribution in [0.5, 0.6) is 0 Å². The van der Waals surface area contributed by atoms with Gasteiger partial charge >= 0.3 is 0 Å². The summed E-state index contributed by atoms with van der Waals surface area (Å²) < 4.78 is 12.7. The van der Waals surface area contributed by atoms with E-state index in [-0.39, 0.29) is 5.13 Å². The summed E-state index contributed by atoms with van der Waals surface area (Å²) in [7, 11) is 0. The lowest BCUT2D eigenvalue weighted by Crippen LogP contribution is -1.79. The van der Waals surface area contributed by atoms with Gasteiger partial charge in [-0.25, -0.2) is 4.98 Å². The molecule has 0 fully saturated rings. The van der Waals surface area contributed by atoms with E-state index in [0.717, 1.165) is 28.3 Å². The summed E-state index contributed by atoms with van der Waals surface area (Å²) >= 11 is 1.08. The van der Waals surface area contributed by atoms with Gasteiger partial charge in [-0.3, -0.25) is 0 Å². The molecule has 14 heavy (non-hydrogen) atoms. The minimum atomic E-state index is -0.237. The molecule has 0 aliphatic carbocycles. The molecule has 2 rings (SSSR count). The van der Waals surface area contributed by atoms with Crippen molar-refractivity contribution in [2.45, 2.75) is 13.3 Å². The van der Waals surface area contributed by atoms with E-state index < -0.39 is 0 Å². The van der Waals surface area contributed by atoms with Crippen molar-refractivity contribution >= 4 is 11.3 Å². The highest BCUT2D eigenvalue weighted by molar-refractivity contribution is 7.13. The third-order valence-corrected chi connectivity index (χ3v) is 2.92. The van der Waals surface area contributed by atoms with Gasteiger partial charge < -0.3 is 0 Å². The first-order valence-corrected chi connectivity index (χ1v) is 5.32. The zero-order valence-corrected chi connectivity index (χ0v) is 8.64. The van der Waals surface area contributed by atoms with Gasteiger partial charge in [-0.05, 0) is 12.0 Å². The molecule has 0 N–H and O–H groups in total. The Kier molecular flexibility index (Phi) is 2.59. The average Bonchev–Trinajstić information content (AvgIpc) is 2.65. The molecular weight excluding hydrogens is 197 g/mol. The topological polar surface area (TPSA) is 12.9 Å². The number of hydrogen-bond acceptors (Lipinski definition) is 2. The van der Waals surface area contributed by atoms with Crippen LogP contribution in [0.1, 0.15) is 12.5 Å². The van der Waals surface area contributed by atoms with Gasteiger partial charge in [0.15, 0.2) is 5.13 Å². The molecule has 0 radical (unpaired) electrons. The minimum Gasteiger partial charge on any atom is -0.241 e. The van der Waals surface area contributed by atoms with Crippen molar-refractivity contribution in [2.75, 3.05) is 0 Å². The van der Waals surface area contributed by atoms with E-state index in [1.165, 1.54) is 11.8 Å². The Morgan fingerprint density at radius 3 is 2.50 bits per heavy atom. The summed E-state index contributed by atoms with van der Waals surface area (Å²) in [6.07, 6.45) is 2.28. The van der Waals surface area contributed by atoms with E-state index in [2.05, 4.69) is 24.0 Å². The van der Waals surface area contributed by atoms with Crippen LogP contribution >= 0.6 is 11.3 Å². The van der Waals surface area contributed by atoms with Gasteiger partial charge in [0.2, 0.25) is 0 Å². The molecule has 0 atom stereocenters. The fourth-order valence-corrected chi connectivity index (χ4v) is 1.92. The molecule has 0 aliphatic rings. The van der Waals surface area contributed by atoms with Gasteiger partial charge in [-0.2, -0.15) is 4.39 Å². The van der Waals surface area contributed by atoms with Gasteiger partial charge in [0.25, 0.3) is 0 Å². The van der Waals surface area contributed by atoms with Crippen LogP contribution in [0.15, 0.2) is 30.5 Å². The van der Waals surface area contributed by atoms with Gasteiger partial charge in [0, 0.05) is 5.56 Å². The van der Waals surface area contributed by atoms with E-state index in [1.807, 2.05) is 12.1 Å². The molecule has 1 nitrogen and oxygen atoms in total. The number of benzene rings is 1. The molecule has 72 valence electrons. The maximum Gasteiger partial charge on any atom is 0.196 e.